The largest absolute Gasteiger partial charge is 0.481 e. The molecular weight excluding hydrogens is 344 g/mol. The van der Waals surface area contributed by atoms with Crippen LogP contribution in [0.15, 0.2) is 36.4 Å². The van der Waals surface area contributed by atoms with Gasteiger partial charge in [0.15, 0.2) is 0 Å². The van der Waals surface area contributed by atoms with Crippen LogP contribution in [0.3, 0.4) is 0 Å². The van der Waals surface area contributed by atoms with Crippen LogP contribution >= 0.6 is 0 Å². The average Bonchev–Trinajstić information content (AvgIpc) is 3.30. The third-order valence-corrected chi connectivity index (χ3v) is 6.07. The molecule has 1 aromatic rings. The second-order valence-electron chi connectivity index (χ2n) is 7.76. The van der Waals surface area contributed by atoms with Crippen LogP contribution in [-0.2, 0) is 9.59 Å². The van der Waals surface area contributed by atoms with E-state index in [1.165, 1.54) is 0 Å². The van der Waals surface area contributed by atoms with Gasteiger partial charge in [0.25, 0.3) is 5.91 Å². The Kier molecular flexibility index (Phi) is 4.72. The van der Waals surface area contributed by atoms with Crippen LogP contribution in [0.2, 0.25) is 0 Å². The molecule has 6 heteroatoms. The van der Waals surface area contributed by atoms with Gasteiger partial charge in [-0.1, -0.05) is 18.2 Å². The zero-order chi connectivity index (χ0) is 19.0. The van der Waals surface area contributed by atoms with Gasteiger partial charge in [-0.3, -0.25) is 14.4 Å². The number of carbonyl (C=O) groups is 3. The van der Waals surface area contributed by atoms with Crippen molar-refractivity contribution in [2.45, 2.75) is 25.7 Å². The van der Waals surface area contributed by atoms with E-state index in [0.29, 0.717) is 11.3 Å². The topological polar surface area (TPSA) is 86.7 Å². The van der Waals surface area contributed by atoms with Crippen LogP contribution in [0.5, 0.6) is 0 Å². The Morgan fingerprint density at radius 1 is 1.00 bits per heavy atom. The van der Waals surface area contributed by atoms with Gasteiger partial charge >= 0.3 is 5.97 Å². The van der Waals surface area contributed by atoms with Crippen molar-refractivity contribution in [1.29, 1.82) is 0 Å². The summed E-state index contributed by atoms with van der Waals surface area (Å²) in [5.41, 5.74) is 1.09. The number of hydrogen-bond acceptors (Lipinski definition) is 3. The van der Waals surface area contributed by atoms with Crippen molar-refractivity contribution in [3.8, 4) is 0 Å². The summed E-state index contributed by atoms with van der Waals surface area (Å²) >= 11 is 0. The second kappa shape index (κ2) is 7.18. The van der Waals surface area contributed by atoms with Crippen LogP contribution < -0.4 is 5.32 Å². The monoisotopic (exact) mass is 368 g/mol. The zero-order valence-corrected chi connectivity index (χ0v) is 15.1. The molecule has 2 aliphatic carbocycles. The van der Waals surface area contributed by atoms with Crippen LogP contribution in [0.1, 0.15) is 36.0 Å². The molecule has 0 aromatic heterocycles. The smallest absolute Gasteiger partial charge is 0.307 e. The van der Waals surface area contributed by atoms with Gasteiger partial charge in [0.1, 0.15) is 0 Å². The van der Waals surface area contributed by atoms with Gasteiger partial charge in [-0.05, 0) is 55.7 Å². The van der Waals surface area contributed by atoms with Gasteiger partial charge in [-0.2, -0.15) is 0 Å². The lowest BCUT2D eigenvalue weighted by Crippen LogP contribution is -2.36. The van der Waals surface area contributed by atoms with E-state index in [0.717, 1.165) is 38.8 Å². The van der Waals surface area contributed by atoms with Gasteiger partial charge in [0, 0.05) is 24.3 Å². The fourth-order valence-electron chi connectivity index (χ4n) is 4.75. The fraction of sp³-hybridized carbons (Fsp3) is 0.476. The molecule has 3 aliphatic rings. The third-order valence-electron chi connectivity index (χ3n) is 6.07. The number of allylic oxidation sites excluding steroid dienone is 2. The first-order chi connectivity index (χ1) is 13.0. The minimum absolute atomic E-state index is 0.0166. The Morgan fingerprint density at radius 2 is 1.70 bits per heavy atom. The number of fused-ring (bicyclic) bond motifs is 2. The Labute approximate surface area is 158 Å². The van der Waals surface area contributed by atoms with Crippen LogP contribution in [0.25, 0.3) is 0 Å². The molecule has 1 saturated heterocycles. The number of nitrogens with zero attached hydrogens (tertiary/aromatic N) is 1. The number of hydrogen-bond donors (Lipinski definition) is 2. The molecule has 0 spiro atoms. The number of rotatable bonds is 4. The summed E-state index contributed by atoms with van der Waals surface area (Å²) in [7, 11) is 0. The van der Waals surface area contributed by atoms with Crippen molar-refractivity contribution in [1.82, 2.24) is 4.90 Å². The number of piperidine rings is 1. The number of carboxylic acids is 1. The second-order valence-corrected chi connectivity index (χ2v) is 7.76. The predicted octanol–water partition coefficient (Wildman–Crippen LogP) is 2.77. The maximum atomic E-state index is 12.8. The molecule has 2 bridgehead atoms. The fourth-order valence-corrected chi connectivity index (χ4v) is 4.75. The van der Waals surface area contributed by atoms with E-state index in [2.05, 4.69) is 5.32 Å². The summed E-state index contributed by atoms with van der Waals surface area (Å²) in [4.78, 5) is 38.9. The van der Waals surface area contributed by atoms with Gasteiger partial charge in [-0.15, -0.1) is 0 Å². The summed E-state index contributed by atoms with van der Waals surface area (Å²) in [6.07, 6.45) is 7.81. The molecule has 1 aliphatic heterocycles. The summed E-state index contributed by atoms with van der Waals surface area (Å²) in [6.45, 7) is 1.54. The van der Waals surface area contributed by atoms with Crippen LogP contribution in [-0.4, -0.2) is 40.9 Å². The van der Waals surface area contributed by atoms with Gasteiger partial charge in [0.05, 0.1) is 11.8 Å². The zero-order valence-electron chi connectivity index (χ0n) is 15.1. The Morgan fingerprint density at radius 3 is 2.41 bits per heavy atom. The molecule has 2 amide bonds. The quantitative estimate of drug-likeness (QED) is 0.800. The van der Waals surface area contributed by atoms with E-state index in [-0.39, 0.29) is 23.7 Å². The van der Waals surface area contributed by atoms with Gasteiger partial charge < -0.3 is 15.3 Å². The van der Waals surface area contributed by atoms with E-state index >= 15 is 0 Å². The third kappa shape index (κ3) is 3.36. The standard InChI is InChI=1S/C21H24N2O4/c24-19(17-13-7-8-14(11-13)18(17)21(26)27)22-16-6-4-5-15(12-16)20(25)23-9-2-1-3-10-23/h4-8,12-14,17-18H,1-3,9-11H2,(H,22,24)(H,26,27)/t13-,14+,17+,18+/m1/s1. The van der Waals surface area contributed by atoms with E-state index in [4.69, 9.17) is 0 Å². The molecule has 4 atom stereocenters. The van der Waals surface area contributed by atoms with Crippen molar-refractivity contribution in [3.05, 3.63) is 42.0 Å². The number of carboxylic acid groups (broad SMARTS) is 1. The number of amides is 2. The number of anilines is 1. The first-order valence-corrected chi connectivity index (χ1v) is 9.66. The summed E-state index contributed by atoms with van der Waals surface area (Å²) in [6, 6.07) is 6.94. The molecule has 0 unspecified atom stereocenters. The van der Waals surface area contributed by atoms with Crippen molar-refractivity contribution in [2.75, 3.05) is 18.4 Å². The molecule has 1 heterocycles. The molecular formula is C21H24N2O4. The first kappa shape index (κ1) is 17.8. The minimum atomic E-state index is -0.916. The van der Waals surface area contributed by atoms with E-state index in [1.54, 1.807) is 24.3 Å². The minimum Gasteiger partial charge on any atom is -0.481 e. The molecule has 27 heavy (non-hydrogen) atoms. The number of carbonyl (C=O) groups excluding carboxylic acids is 2. The highest BCUT2D eigenvalue weighted by Gasteiger charge is 2.51. The molecule has 0 radical (unpaired) electrons. The molecule has 2 N–H and O–H groups in total. The maximum Gasteiger partial charge on any atom is 0.307 e. The van der Waals surface area contributed by atoms with Crippen LogP contribution in [0.4, 0.5) is 5.69 Å². The number of nitrogens with one attached hydrogen (secondary N) is 1. The molecule has 142 valence electrons. The summed E-state index contributed by atoms with van der Waals surface area (Å²) in [5, 5.41) is 12.4. The van der Waals surface area contributed by atoms with E-state index < -0.39 is 17.8 Å². The number of benzene rings is 1. The van der Waals surface area contributed by atoms with Gasteiger partial charge in [0.2, 0.25) is 5.91 Å². The highest BCUT2D eigenvalue weighted by molar-refractivity contribution is 5.99. The lowest BCUT2D eigenvalue weighted by atomic mass is 9.82. The first-order valence-electron chi connectivity index (χ1n) is 9.66. The van der Waals surface area contributed by atoms with Crippen LogP contribution in [0, 0.1) is 23.7 Å². The lowest BCUT2D eigenvalue weighted by Gasteiger charge is -2.27. The van der Waals surface area contributed by atoms with Crippen molar-refractivity contribution in [3.63, 3.8) is 0 Å². The molecule has 6 nitrogen and oxygen atoms in total. The van der Waals surface area contributed by atoms with Crippen molar-refractivity contribution >= 4 is 23.5 Å². The highest BCUT2D eigenvalue weighted by atomic mass is 16.4. The maximum absolute atomic E-state index is 12.8. The van der Waals surface area contributed by atoms with Crippen molar-refractivity contribution < 1.29 is 19.5 Å². The van der Waals surface area contributed by atoms with E-state index in [1.807, 2.05) is 17.1 Å². The Hall–Kier alpha value is -2.63. The summed E-state index contributed by atoms with van der Waals surface area (Å²) < 4.78 is 0. The van der Waals surface area contributed by atoms with Crippen molar-refractivity contribution in [2.24, 2.45) is 23.7 Å². The highest BCUT2D eigenvalue weighted by Crippen LogP contribution is 2.48. The Balaban J connectivity index is 1.48. The lowest BCUT2D eigenvalue weighted by molar-refractivity contribution is -0.146. The predicted molar refractivity (Wildman–Crippen MR) is 100 cm³/mol. The average molecular weight is 368 g/mol. The summed E-state index contributed by atoms with van der Waals surface area (Å²) in [5.74, 6) is -2.51. The molecule has 1 aromatic carbocycles. The van der Waals surface area contributed by atoms with Gasteiger partial charge in [-0.25, -0.2) is 0 Å². The normalized spacial score (nSPS) is 29.0. The number of likely N-dealkylation sites (tertiary alicyclic amines) is 1. The Bertz CT molecular complexity index is 797. The molecule has 2 fully saturated rings. The van der Waals surface area contributed by atoms with E-state index in [9.17, 15) is 19.5 Å². The number of aliphatic carboxylic acids is 1. The SMILES string of the molecule is O=C(Nc1cccc(C(=O)N2CCCCC2)c1)[C@@H]1[C@@H](C(=O)O)[C@H]2C=C[C@@H]1C2. The molecule has 4 rings (SSSR count). The molecule has 1 saturated carbocycles.